The third-order valence-corrected chi connectivity index (χ3v) is 3.39. The topological polar surface area (TPSA) is 62.1 Å². The summed E-state index contributed by atoms with van der Waals surface area (Å²) in [7, 11) is 1.35. The van der Waals surface area contributed by atoms with E-state index >= 15 is 0 Å². The Morgan fingerprint density at radius 3 is 2.50 bits per heavy atom. The molecule has 0 spiro atoms. The van der Waals surface area contributed by atoms with E-state index in [0.717, 1.165) is 10.7 Å². The van der Waals surface area contributed by atoms with Gasteiger partial charge in [0.1, 0.15) is 11.8 Å². The van der Waals surface area contributed by atoms with Crippen molar-refractivity contribution in [1.29, 1.82) is 0 Å². The lowest BCUT2D eigenvalue weighted by molar-refractivity contribution is -0.141. The minimum absolute atomic E-state index is 0.0839. The maximum atomic E-state index is 12.7. The first-order chi connectivity index (χ1) is 12.3. The van der Waals surface area contributed by atoms with Crippen molar-refractivity contribution >= 4 is 11.6 Å². The smallest absolute Gasteiger partial charge is 0.435 e. The van der Waals surface area contributed by atoms with Gasteiger partial charge in [-0.2, -0.15) is 18.3 Å². The number of hydrogen-bond acceptors (Lipinski definition) is 5. The number of alkyl halides is 3. The Morgan fingerprint density at radius 1 is 1.08 bits per heavy atom. The number of nitrogens with zero attached hydrogens (tertiary/aromatic N) is 4. The normalized spacial score (nSPS) is 11.4. The van der Waals surface area contributed by atoms with Gasteiger partial charge >= 0.3 is 6.18 Å². The molecule has 0 saturated heterocycles. The first-order valence-electron chi connectivity index (χ1n) is 7.31. The predicted octanol–water partition coefficient (Wildman–Crippen LogP) is 4.25. The zero-order chi connectivity index (χ0) is 18.7. The molecule has 0 aliphatic rings. The number of pyridine rings is 2. The molecule has 3 aromatic heterocycles. The first kappa shape index (κ1) is 18.0. The highest BCUT2D eigenvalue weighted by Crippen LogP contribution is 2.31. The Bertz CT molecular complexity index is 915. The number of ether oxygens (including phenoxy) is 2. The molecule has 0 N–H and O–H groups in total. The Balaban J connectivity index is 1.70. The average molecular weight is 385 g/mol. The lowest BCUT2D eigenvalue weighted by Gasteiger charge is -2.07. The molecule has 0 saturated carbocycles. The molecule has 0 amide bonds. The predicted molar refractivity (Wildman–Crippen MR) is 86.1 cm³/mol. The highest BCUT2D eigenvalue weighted by atomic mass is 35.5. The summed E-state index contributed by atoms with van der Waals surface area (Å²) in [6.07, 6.45) is -4.55. The molecule has 0 aliphatic carbocycles. The van der Waals surface area contributed by atoms with Gasteiger partial charge in [0.2, 0.25) is 17.6 Å². The minimum atomic E-state index is -4.55. The molecule has 10 heteroatoms. The van der Waals surface area contributed by atoms with Crippen molar-refractivity contribution in [3.05, 3.63) is 59.0 Å². The maximum Gasteiger partial charge on any atom is 0.435 e. The summed E-state index contributed by atoms with van der Waals surface area (Å²) < 4.78 is 49.9. The second-order valence-corrected chi connectivity index (χ2v) is 5.53. The second kappa shape index (κ2) is 7.20. The molecule has 0 bridgehead atoms. The summed E-state index contributed by atoms with van der Waals surface area (Å²) in [6.45, 7) is 0.0870. The van der Waals surface area contributed by atoms with Gasteiger partial charge in [0.25, 0.3) is 0 Å². The Labute approximate surface area is 151 Å². The van der Waals surface area contributed by atoms with Crippen LogP contribution in [0.4, 0.5) is 13.2 Å². The van der Waals surface area contributed by atoms with Gasteiger partial charge in [0.15, 0.2) is 5.69 Å². The molecule has 0 atom stereocenters. The van der Waals surface area contributed by atoms with Crippen LogP contribution in [-0.4, -0.2) is 19.7 Å². The average Bonchev–Trinajstić information content (AvgIpc) is 2.95. The van der Waals surface area contributed by atoms with Crippen LogP contribution in [0.1, 0.15) is 11.4 Å². The molecule has 6 nitrogen and oxygen atoms in total. The van der Waals surface area contributed by atoms with E-state index in [9.17, 15) is 13.2 Å². The van der Waals surface area contributed by atoms with Crippen molar-refractivity contribution in [1.82, 2.24) is 19.7 Å². The van der Waals surface area contributed by atoms with Gasteiger partial charge in [-0.15, -0.1) is 0 Å². The number of rotatable bonds is 5. The van der Waals surface area contributed by atoms with E-state index in [4.69, 9.17) is 21.1 Å². The van der Waals surface area contributed by atoms with Crippen LogP contribution in [0.3, 0.4) is 0 Å². The van der Waals surface area contributed by atoms with Crippen molar-refractivity contribution < 1.29 is 22.6 Å². The Kier molecular flexibility index (Phi) is 4.99. The van der Waals surface area contributed by atoms with Gasteiger partial charge in [-0.05, 0) is 12.1 Å². The standard InChI is InChI=1S/C16H12ClF3N4O2/c1-24-15(8-11(23-24)16(18,19)20)26-14-7-2-4-10(21-14)9-25-13-6-3-5-12(17)22-13/h2-8H,9H2,1H3. The van der Waals surface area contributed by atoms with Crippen molar-refractivity contribution in [3.63, 3.8) is 0 Å². The molecular formula is C16H12ClF3N4O2. The van der Waals surface area contributed by atoms with Crippen LogP contribution >= 0.6 is 11.6 Å². The van der Waals surface area contributed by atoms with Gasteiger partial charge < -0.3 is 9.47 Å². The van der Waals surface area contributed by atoms with Gasteiger partial charge in [-0.3, -0.25) is 0 Å². The second-order valence-electron chi connectivity index (χ2n) is 5.15. The van der Waals surface area contributed by atoms with E-state index in [2.05, 4.69) is 15.1 Å². The van der Waals surface area contributed by atoms with Crippen molar-refractivity contribution in [2.75, 3.05) is 0 Å². The summed E-state index contributed by atoms with van der Waals surface area (Å²) in [5, 5.41) is 3.67. The largest absolute Gasteiger partial charge is 0.471 e. The molecule has 0 aliphatic heterocycles. The third kappa shape index (κ3) is 4.42. The first-order valence-corrected chi connectivity index (χ1v) is 7.69. The van der Waals surface area contributed by atoms with Crippen LogP contribution in [-0.2, 0) is 19.8 Å². The summed E-state index contributed by atoms with van der Waals surface area (Å²) >= 11 is 5.78. The van der Waals surface area contributed by atoms with Gasteiger partial charge in [0.05, 0.1) is 5.69 Å². The van der Waals surface area contributed by atoms with Crippen molar-refractivity contribution in [2.24, 2.45) is 7.05 Å². The van der Waals surface area contributed by atoms with Crippen LogP contribution in [0.5, 0.6) is 17.6 Å². The number of aryl methyl sites for hydroxylation is 1. The van der Waals surface area contributed by atoms with Crippen LogP contribution in [0.2, 0.25) is 5.15 Å². The lowest BCUT2D eigenvalue weighted by atomic mass is 10.3. The fraction of sp³-hybridized carbons (Fsp3) is 0.188. The molecule has 3 heterocycles. The molecule has 3 aromatic rings. The number of aromatic nitrogens is 4. The minimum Gasteiger partial charge on any atom is -0.471 e. The van der Waals surface area contributed by atoms with Crippen molar-refractivity contribution in [3.8, 4) is 17.6 Å². The zero-order valence-electron chi connectivity index (χ0n) is 13.4. The maximum absolute atomic E-state index is 12.7. The third-order valence-electron chi connectivity index (χ3n) is 3.18. The fourth-order valence-electron chi connectivity index (χ4n) is 2.00. The zero-order valence-corrected chi connectivity index (χ0v) is 14.1. The molecule has 136 valence electrons. The lowest BCUT2D eigenvalue weighted by Crippen LogP contribution is -2.06. The molecular weight excluding hydrogens is 373 g/mol. The summed E-state index contributed by atoms with van der Waals surface area (Å²) in [5.74, 6) is 0.355. The van der Waals surface area contributed by atoms with E-state index in [1.807, 2.05) is 0 Å². The van der Waals surface area contributed by atoms with Gasteiger partial charge in [0, 0.05) is 25.2 Å². The molecule has 26 heavy (non-hydrogen) atoms. The summed E-state index contributed by atoms with van der Waals surface area (Å²) in [6, 6.07) is 10.6. The van der Waals surface area contributed by atoms with E-state index < -0.39 is 11.9 Å². The van der Waals surface area contributed by atoms with E-state index in [1.165, 1.54) is 13.1 Å². The Morgan fingerprint density at radius 2 is 1.81 bits per heavy atom. The monoisotopic (exact) mass is 384 g/mol. The number of hydrogen-bond donors (Lipinski definition) is 0. The molecule has 0 radical (unpaired) electrons. The summed E-state index contributed by atoms with van der Waals surface area (Å²) in [4.78, 5) is 8.17. The fourth-order valence-corrected chi connectivity index (χ4v) is 2.16. The highest BCUT2D eigenvalue weighted by molar-refractivity contribution is 6.29. The van der Waals surface area contributed by atoms with E-state index in [1.54, 1.807) is 30.3 Å². The molecule has 0 fully saturated rings. The van der Waals surface area contributed by atoms with Crippen LogP contribution in [0.15, 0.2) is 42.5 Å². The van der Waals surface area contributed by atoms with Gasteiger partial charge in [-0.1, -0.05) is 23.7 Å². The van der Waals surface area contributed by atoms with E-state index in [0.29, 0.717) is 16.7 Å². The van der Waals surface area contributed by atoms with Crippen LogP contribution in [0.25, 0.3) is 0 Å². The quantitative estimate of drug-likeness (QED) is 0.615. The highest BCUT2D eigenvalue weighted by Gasteiger charge is 2.35. The van der Waals surface area contributed by atoms with Crippen LogP contribution in [0, 0.1) is 0 Å². The SMILES string of the molecule is Cn1nc(C(F)(F)F)cc1Oc1cccc(COc2cccc(Cl)n2)n1. The number of halogens is 4. The van der Waals surface area contributed by atoms with E-state index in [-0.39, 0.29) is 18.4 Å². The molecule has 0 aromatic carbocycles. The Hall–Kier alpha value is -2.81. The molecule has 3 rings (SSSR count). The van der Waals surface area contributed by atoms with Gasteiger partial charge in [-0.25, -0.2) is 14.6 Å². The summed E-state index contributed by atoms with van der Waals surface area (Å²) in [5.41, 5.74) is -0.538. The van der Waals surface area contributed by atoms with Crippen LogP contribution < -0.4 is 9.47 Å². The van der Waals surface area contributed by atoms with Crippen molar-refractivity contribution in [2.45, 2.75) is 12.8 Å². The molecule has 0 unspecified atom stereocenters.